The van der Waals surface area contributed by atoms with E-state index in [2.05, 4.69) is 15.4 Å². The first-order valence-corrected chi connectivity index (χ1v) is 8.74. The van der Waals surface area contributed by atoms with Crippen LogP contribution in [0.1, 0.15) is 12.5 Å². The largest absolute Gasteiger partial charge is 0.356 e. The minimum absolute atomic E-state index is 0. The van der Waals surface area contributed by atoms with Gasteiger partial charge in [0.15, 0.2) is 17.6 Å². The Bertz CT molecular complexity index is 856. The molecule has 152 valence electrons. The van der Waals surface area contributed by atoms with Crippen molar-refractivity contribution in [3.63, 3.8) is 0 Å². The summed E-state index contributed by atoms with van der Waals surface area (Å²) in [6.45, 7) is 4.05. The molecule has 2 heterocycles. The number of carbonyl (C=O) groups excluding carboxylic acids is 1. The molecule has 0 aliphatic carbocycles. The molecule has 1 aliphatic rings. The summed E-state index contributed by atoms with van der Waals surface area (Å²) in [4.78, 5) is 20.6. The molecule has 0 spiro atoms. The number of rotatable bonds is 4. The first-order chi connectivity index (χ1) is 13.0. The number of anilines is 1. The number of nitrogens with one attached hydrogen (secondary N) is 1. The molecule has 1 saturated heterocycles. The zero-order valence-corrected chi connectivity index (χ0v) is 18.1. The topological polar surface area (TPSA) is 65.8 Å². The van der Waals surface area contributed by atoms with Gasteiger partial charge in [0.05, 0.1) is 18.4 Å². The van der Waals surface area contributed by atoms with Gasteiger partial charge >= 0.3 is 0 Å². The molecule has 7 nitrogen and oxygen atoms in total. The average molecular weight is 504 g/mol. The molecular formula is C18H23F2IN6O. The Morgan fingerprint density at radius 1 is 1.29 bits per heavy atom. The number of aryl methyl sites for hydroxylation is 1. The number of hydrogen-bond donors (Lipinski definition) is 1. The highest BCUT2D eigenvalue weighted by Crippen LogP contribution is 2.16. The molecule has 1 aromatic carbocycles. The lowest BCUT2D eigenvalue weighted by molar-refractivity contribution is -0.120. The van der Waals surface area contributed by atoms with Gasteiger partial charge in [-0.2, -0.15) is 5.10 Å². The van der Waals surface area contributed by atoms with E-state index in [4.69, 9.17) is 0 Å². The van der Waals surface area contributed by atoms with Crippen molar-refractivity contribution in [3.8, 4) is 0 Å². The van der Waals surface area contributed by atoms with Crippen LogP contribution < -0.4 is 10.2 Å². The lowest BCUT2D eigenvalue weighted by Crippen LogP contribution is -2.55. The average Bonchev–Trinajstić information content (AvgIpc) is 3.07. The second-order valence-electron chi connectivity index (χ2n) is 6.26. The summed E-state index contributed by atoms with van der Waals surface area (Å²) in [6.07, 6.45) is 3.46. The number of piperazine rings is 1. The van der Waals surface area contributed by atoms with Crippen LogP contribution in [0.25, 0.3) is 0 Å². The highest BCUT2D eigenvalue weighted by molar-refractivity contribution is 14.0. The Kier molecular flexibility index (Phi) is 7.72. The SMILES string of the molecule is CCNC(=NCc1ccc(F)c(F)c1)N1CCN(c2cnn(C)c2)C(=O)C1.I. The lowest BCUT2D eigenvalue weighted by atomic mass is 10.2. The van der Waals surface area contributed by atoms with Gasteiger partial charge in [0.25, 0.3) is 0 Å². The maximum absolute atomic E-state index is 13.4. The van der Waals surface area contributed by atoms with Crippen molar-refractivity contribution < 1.29 is 13.6 Å². The smallest absolute Gasteiger partial charge is 0.246 e. The minimum atomic E-state index is -0.895. The second kappa shape index (κ2) is 9.80. The standard InChI is InChI=1S/C18H22F2N6O.HI/c1-3-21-18(22-9-13-4-5-15(19)16(20)8-13)25-6-7-26(17(27)12-25)14-10-23-24(2)11-14;/h4-5,8,10-11H,3,6-7,9,12H2,1-2H3,(H,21,22);1H. The number of amides is 1. The summed E-state index contributed by atoms with van der Waals surface area (Å²) >= 11 is 0. The van der Waals surface area contributed by atoms with Gasteiger partial charge in [-0.1, -0.05) is 6.07 Å². The number of carbonyl (C=O) groups is 1. The molecule has 1 N–H and O–H groups in total. The summed E-state index contributed by atoms with van der Waals surface area (Å²) in [5.74, 6) is -1.26. The molecule has 28 heavy (non-hydrogen) atoms. The fraction of sp³-hybridized carbons (Fsp3) is 0.389. The van der Waals surface area contributed by atoms with E-state index in [9.17, 15) is 13.6 Å². The Morgan fingerprint density at radius 2 is 2.07 bits per heavy atom. The van der Waals surface area contributed by atoms with Crippen molar-refractivity contribution in [1.29, 1.82) is 0 Å². The fourth-order valence-electron chi connectivity index (χ4n) is 2.90. The monoisotopic (exact) mass is 504 g/mol. The molecule has 1 aromatic heterocycles. The van der Waals surface area contributed by atoms with E-state index in [0.717, 1.165) is 17.8 Å². The second-order valence-corrected chi connectivity index (χ2v) is 6.26. The predicted octanol–water partition coefficient (Wildman–Crippen LogP) is 2.13. The van der Waals surface area contributed by atoms with Gasteiger partial charge in [0, 0.05) is 32.9 Å². The first-order valence-electron chi connectivity index (χ1n) is 8.74. The van der Waals surface area contributed by atoms with Crippen molar-refractivity contribution >= 4 is 41.5 Å². The maximum atomic E-state index is 13.4. The van der Waals surface area contributed by atoms with Crippen LogP contribution in [0.5, 0.6) is 0 Å². The molecule has 1 fully saturated rings. The van der Waals surface area contributed by atoms with Gasteiger partial charge in [0.1, 0.15) is 6.54 Å². The van der Waals surface area contributed by atoms with Crippen LogP contribution >= 0.6 is 24.0 Å². The van der Waals surface area contributed by atoms with Crippen molar-refractivity contribution in [2.45, 2.75) is 13.5 Å². The van der Waals surface area contributed by atoms with E-state index in [-0.39, 0.29) is 43.0 Å². The maximum Gasteiger partial charge on any atom is 0.246 e. The van der Waals surface area contributed by atoms with Gasteiger partial charge in [0.2, 0.25) is 5.91 Å². The third-order valence-electron chi connectivity index (χ3n) is 4.25. The van der Waals surface area contributed by atoms with E-state index in [1.807, 2.05) is 11.8 Å². The van der Waals surface area contributed by atoms with Crippen molar-refractivity contribution in [3.05, 3.63) is 47.8 Å². The number of halogens is 3. The van der Waals surface area contributed by atoms with Crippen LogP contribution in [0.3, 0.4) is 0 Å². The normalized spacial score (nSPS) is 14.9. The molecule has 2 aromatic rings. The quantitative estimate of drug-likeness (QED) is 0.394. The highest BCUT2D eigenvalue weighted by atomic mass is 127. The van der Waals surface area contributed by atoms with Crippen LogP contribution in [0.4, 0.5) is 14.5 Å². The molecule has 0 radical (unpaired) electrons. The van der Waals surface area contributed by atoms with Gasteiger partial charge in [-0.05, 0) is 24.6 Å². The van der Waals surface area contributed by atoms with Gasteiger partial charge < -0.3 is 15.1 Å². The van der Waals surface area contributed by atoms with E-state index < -0.39 is 11.6 Å². The van der Waals surface area contributed by atoms with E-state index in [1.54, 1.807) is 29.0 Å². The third kappa shape index (κ3) is 5.18. The summed E-state index contributed by atoms with van der Waals surface area (Å²) < 4.78 is 28.1. The summed E-state index contributed by atoms with van der Waals surface area (Å²) in [5.41, 5.74) is 1.33. The predicted molar refractivity (Wildman–Crippen MR) is 114 cm³/mol. The zero-order valence-electron chi connectivity index (χ0n) is 15.7. The Labute approximate surface area is 179 Å². The third-order valence-corrected chi connectivity index (χ3v) is 4.25. The van der Waals surface area contributed by atoms with Crippen LogP contribution in [0.2, 0.25) is 0 Å². The fourth-order valence-corrected chi connectivity index (χ4v) is 2.90. The van der Waals surface area contributed by atoms with Gasteiger partial charge in [-0.3, -0.25) is 9.48 Å². The van der Waals surface area contributed by atoms with Crippen LogP contribution in [-0.4, -0.2) is 52.7 Å². The minimum Gasteiger partial charge on any atom is -0.356 e. The summed E-state index contributed by atoms with van der Waals surface area (Å²) in [5, 5.41) is 7.25. The van der Waals surface area contributed by atoms with Crippen molar-refractivity contribution in [1.82, 2.24) is 20.0 Å². The van der Waals surface area contributed by atoms with Crippen LogP contribution in [0, 0.1) is 11.6 Å². The lowest BCUT2D eigenvalue weighted by Gasteiger charge is -2.35. The molecule has 3 rings (SSSR count). The number of nitrogens with zero attached hydrogens (tertiary/aromatic N) is 5. The summed E-state index contributed by atoms with van der Waals surface area (Å²) in [7, 11) is 1.80. The number of aliphatic imine (C=N–C) groups is 1. The number of benzene rings is 1. The molecule has 0 unspecified atom stereocenters. The molecule has 10 heteroatoms. The molecule has 1 amide bonds. The van der Waals surface area contributed by atoms with Gasteiger partial charge in [-0.25, -0.2) is 13.8 Å². The number of guanidine groups is 1. The molecule has 0 saturated carbocycles. The van der Waals surface area contributed by atoms with Gasteiger partial charge in [-0.15, -0.1) is 24.0 Å². The summed E-state index contributed by atoms with van der Waals surface area (Å²) in [6, 6.07) is 3.72. The Morgan fingerprint density at radius 3 is 2.68 bits per heavy atom. The van der Waals surface area contributed by atoms with E-state index >= 15 is 0 Å². The highest BCUT2D eigenvalue weighted by Gasteiger charge is 2.27. The molecular weight excluding hydrogens is 481 g/mol. The number of hydrogen-bond acceptors (Lipinski definition) is 3. The molecule has 1 aliphatic heterocycles. The Balaban J connectivity index is 0.00000280. The first kappa shape index (κ1) is 22.1. The Hall–Kier alpha value is -2.24. The van der Waals surface area contributed by atoms with Crippen LogP contribution in [-0.2, 0) is 18.4 Å². The molecule has 0 atom stereocenters. The van der Waals surface area contributed by atoms with Crippen molar-refractivity contribution in [2.75, 3.05) is 31.1 Å². The van der Waals surface area contributed by atoms with Crippen molar-refractivity contribution in [2.24, 2.45) is 12.0 Å². The van der Waals surface area contributed by atoms with Crippen LogP contribution in [0.15, 0.2) is 35.6 Å². The van der Waals surface area contributed by atoms with E-state index in [1.165, 1.54) is 6.07 Å². The zero-order chi connectivity index (χ0) is 19.4. The van der Waals surface area contributed by atoms with E-state index in [0.29, 0.717) is 31.2 Å². The molecule has 0 bridgehead atoms. The number of aromatic nitrogens is 2.